The molecule has 1 N–H and O–H groups in total. The third-order valence-electron chi connectivity index (χ3n) is 6.27. The molecule has 1 aliphatic rings. The molecule has 0 saturated carbocycles. The van der Waals surface area contributed by atoms with Crippen LogP contribution >= 0.6 is 0 Å². The molecule has 7 nitrogen and oxygen atoms in total. The van der Waals surface area contributed by atoms with Crippen molar-refractivity contribution in [3.63, 3.8) is 0 Å². The number of carbonyl (C=O) groups excluding carboxylic acids is 2. The van der Waals surface area contributed by atoms with Crippen LogP contribution in [-0.4, -0.2) is 38.2 Å². The minimum atomic E-state index is -0.155. The summed E-state index contributed by atoms with van der Waals surface area (Å²) < 4.78 is 0. The van der Waals surface area contributed by atoms with Gasteiger partial charge in [-0.15, -0.1) is 0 Å². The molecule has 3 heterocycles. The first-order chi connectivity index (χ1) is 17.1. The molecule has 1 aliphatic heterocycles. The van der Waals surface area contributed by atoms with E-state index in [0.717, 1.165) is 27.9 Å². The third kappa shape index (κ3) is 4.94. The van der Waals surface area contributed by atoms with E-state index < -0.39 is 0 Å². The minimum absolute atomic E-state index is 0.0373. The lowest BCUT2D eigenvalue weighted by molar-refractivity contribution is -0.116. The van der Waals surface area contributed by atoms with Crippen LogP contribution in [0.2, 0.25) is 0 Å². The Hall–Kier alpha value is -4.39. The number of aromatic nitrogens is 3. The Balaban J connectivity index is 1.28. The van der Waals surface area contributed by atoms with Gasteiger partial charge in [-0.05, 0) is 59.9 Å². The molecule has 0 fully saturated rings. The predicted molar refractivity (Wildman–Crippen MR) is 134 cm³/mol. The van der Waals surface area contributed by atoms with E-state index >= 15 is 0 Å². The Morgan fingerprint density at radius 2 is 1.83 bits per heavy atom. The molecule has 2 amide bonds. The van der Waals surface area contributed by atoms with Gasteiger partial charge >= 0.3 is 0 Å². The van der Waals surface area contributed by atoms with Crippen molar-refractivity contribution in [2.24, 2.45) is 0 Å². The van der Waals surface area contributed by atoms with Gasteiger partial charge in [0.2, 0.25) is 5.91 Å². The summed E-state index contributed by atoms with van der Waals surface area (Å²) in [5.74, 6) is -0.192. The number of nitrogens with one attached hydrogen (secondary N) is 1. The zero-order valence-corrected chi connectivity index (χ0v) is 19.4. The van der Waals surface area contributed by atoms with E-state index in [2.05, 4.69) is 20.3 Å². The molecular weight excluding hydrogens is 438 g/mol. The van der Waals surface area contributed by atoms with Gasteiger partial charge in [0, 0.05) is 55.6 Å². The Morgan fingerprint density at radius 3 is 2.66 bits per heavy atom. The lowest BCUT2D eigenvalue weighted by Crippen LogP contribution is -2.37. The van der Waals surface area contributed by atoms with Crippen LogP contribution in [0.5, 0.6) is 0 Å². The zero-order chi connectivity index (χ0) is 24.2. The lowest BCUT2D eigenvalue weighted by atomic mass is 9.94. The summed E-state index contributed by atoms with van der Waals surface area (Å²) >= 11 is 0. The zero-order valence-electron chi connectivity index (χ0n) is 19.4. The largest absolute Gasteiger partial charge is 0.348 e. The number of benzene rings is 2. The highest BCUT2D eigenvalue weighted by molar-refractivity contribution is 5.97. The van der Waals surface area contributed by atoms with Gasteiger partial charge in [0.15, 0.2) is 0 Å². The first-order valence-electron chi connectivity index (χ1n) is 11.6. The van der Waals surface area contributed by atoms with Gasteiger partial charge < -0.3 is 10.2 Å². The number of nitrogens with zero attached hydrogens (tertiary/aromatic N) is 4. The average Bonchev–Trinajstić information content (AvgIpc) is 2.91. The van der Waals surface area contributed by atoms with Crippen molar-refractivity contribution < 1.29 is 9.59 Å². The highest BCUT2D eigenvalue weighted by Gasteiger charge is 2.25. The van der Waals surface area contributed by atoms with Crippen molar-refractivity contribution >= 4 is 28.9 Å². The molecular formula is C28H25N5O2. The Labute approximate surface area is 203 Å². The molecule has 35 heavy (non-hydrogen) atoms. The van der Waals surface area contributed by atoms with Gasteiger partial charge in [0.1, 0.15) is 0 Å². The maximum atomic E-state index is 13.2. The number of pyridine rings is 1. The number of amides is 2. The minimum Gasteiger partial charge on any atom is -0.348 e. The fourth-order valence-corrected chi connectivity index (χ4v) is 4.38. The molecule has 7 heteroatoms. The number of carbonyl (C=O) groups is 2. The molecule has 2 aromatic carbocycles. The topological polar surface area (TPSA) is 88.1 Å². The van der Waals surface area contributed by atoms with Crippen LogP contribution in [0.3, 0.4) is 0 Å². The fraction of sp³-hybridized carbons (Fsp3) is 0.179. The van der Waals surface area contributed by atoms with Gasteiger partial charge in [0.25, 0.3) is 5.91 Å². The van der Waals surface area contributed by atoms with E-state index in [1.54, 1.807) is 36.7 Å². The highest BCUT2D eigenvalue weighted by Crippen LogP contribution is 2.25. The lowest BCUT2D eigenvalue weighted by Gasteiger charge is -2.30. The molecule has 0 saturated heterocycles. The molecule has 0 bridgehead atoms. The van der Waals surface area contributed by atoms with Crippen LogP contribution in [0.4, 0.5) is 0 Å². The van der Waals surface area contributed by atoms with Gasteiger partial charge in [-0.2, -0.15) is 0 Å². The smallest absolute Gasteiger partial charge is 0.254 e. The van der Waals surface area contributed by atoms with Gasteiger partial charge in [0.05, 0.1) is 11.0 Å². The second-order valence-electron chi connectivity index (χ2n) is 8.52. The molecule has 0 spiro atoms. The van der Waals surface area contributed by atoms with Crippen LogP contribution < -0.4 is 5.32 Å². The van der Waals surface area contributed by atoms with Gasteiger partial charge in [-0.1, -0.05) is 30.3 Å². The molecule has 0 atom stereocenters. The van der Waals surface area contributed by atoms with Gasteiger partial charge in [-0.25, -0.2) is 0 Å². The van der Waals surface area contributed by atoms with Crippen LogP contribution in [0.25, 0.3) is 17.1 Å². The Kier molecular flexibility index (Phi) is 6.30. The van der Waals surface area contributed by atoms with Gasteiger partial charge in [-0.3, -0.25) is 24.5 Å². The van der Waals surface area contributed by atoms with Crippen molar-refractivity contribution in [3.8, 4) is 0 Å². The van der Waals surface area contributed by atoms with Crippen LogP contribution in [-0.2, 0) is 24.3 Å². The van der Waals surface area contributed by atoms with E-state index in [1.165, 1.54) is 5.56 Å². The summed E-state index contributed by atoms with van der Waals surface area (Å²) in [6, 6.07) is 15.1. The SMILES string of the molecule is Cc1ncc2c(c1CNC(=O)/C=C/c1ccccc1)CCN(C(=O)c1ccc3nccnc3c1)C2. The van der Waals surface area contributed by atoms with Crippen molar-refractivity contribution in [2.45, 2.75) is 26.4 Å². The second-order valence-corrected chi connectivity index (χ2v) is 8.52. The normalized spacial score (nSPS) is 13.1. The van der Waals surface area contributed by atoms with Crippen molar-refractivity contribution in [1.82, 2.24) is 25.2 Å². The monoisotopic (exact) mass is 463 g/mol. The Bertz CT molecular complexity index is 1430. The predicted octanol–water partition coefficient (Wildman–Crippen LogP) is 3.86. The summed E-state index contributed by atoms with van der Waals surface area (Å²) in [6.07, 6.45) is 9.16. The second kappa shape index (κ2) is 9.85. The molecule has 4 aromatic rings. The number of fused-ring (bicyclic) bond motifs is 2. The average molecular weight is 464 g/mol. The maximum absolute atomic E-state index is 13.2. The van der Waals surface area contributed by atoms with Crippen LogP contribution in [0, 0.1) is 6.92 Å². The van der Waals surface area contributed by atoms with E-state index in [-0.39, 0.29) is 11.8 Å². The first-order valence-corrected chi connectivity index (χ1v) is 11.6. The summed E-state index contributed by atoms with van der Waals surface area (Å²) in [5, 5.41) is 2.98. The standard InChI is InChI=1S/C28H25N5O2/c1-19-24(17-32-27(34)10-7-20-5-3-2-4-6-20)23-11-14-33(18-22(23)16-31-19)28(35)21-8-9-25-26(15-21)30-13-12-29-25/h2-10,12-13,15-16H,11,14,17-18H2,1H3,(H,32,34)/b10-7+. The third-order valence-corrected chi connectivity index (χ3v) is 6.27. The van der Waals surface area contributed by atoms with E-state index in [4.69, 9.17) is 0 Å². The summed E-state index contributed by atoms with van der Waals surface area (Å²) in [6.45, 7) is 3.43. The van der Waals surface area contributed by atoms with Crippen molar-refractivity contribution in [2.75, 3.05) is 6.54 Å². The Morgan fingerprint density at radius 1 is 1.03 bits per heavy atom. The van der Waals surface area contributed by atoms with E-state index in [9.17, 15) is 9.59 Å². The number of rotatable bonds is 5. The summed E-state index contributed by atoms with van der Waals surface area (Å²) in [7, 11) is 0. The molecule has 0 radical (unpaired) electrons. The van der Waals surface area contributed by atoms with Crippen molar-refractivity contribution in [3.05, 3.63) is 107 Å². The highest BCUT2D eigenvalue weighted by atomic mass is 16.2. The van der Waals surface area contributed by atoms with Crippen LogP contribution in [0.1, 0.15) is 38.3 Å². The van der Waals surface area contributed by atoms with Crippen molar-refractivity contribution in [1.29, 1.82) is 0 Å². The number of hydrogen-bond acceptors (Lipinski definition) is 5. The molecule has 5 rings (SSSR count). The maximum Gasteiger partial charge on any atom is 0.254 e. The first kappa shape index (κ1) is 22.4. The van der Waals surface area contributed by atoms with E-state index in [1.807, 2.05) is 54.4 Å². The molecule has 174 valence electrons. The summed E-state index contributed by atoms with van der Waals surface area (Å²) in [5.41, 5.74) is 7.13. The number of aryl methyl sites for hydroxylation is 1. The number of hydrogen-bond donors (Lipinski definition) is 1. The molecule has 0 aliphatic carbocycles. The fourth-order valence-electron chi connectivity index (χ4n) is 4.38. The van der Waals surface area contributed by atoms with E-state index in [0.29, 0.717) is 37.1 Å². The quantitative estimate of drug-likeness (QED) is 0.454. The van der Waals surface area contributed by atoms with Crippen LogP contribution in [0.15, 0.2) is 73.2 Å². The summed E-state index contributed by atoms with van der Waals surface area (Å²) in [4.78, 5) is 40.5. The molecule has 0 unspecified atom stereocenters. The molecule has 2 aromatic heterocycles.